The zero-order chi connectivity index (χ0) is 18.7. The highest BCUT2D eigenvalue weighted by Gasteiger charge is 2.22. The Balaban J connectivity index is 1.64. The number of nitrogens with two attached hydrogens (primary N) is 1. The van der Waals surface area contributed by atoms with Crippen molar-refractivity contribution in [3.05, 3.63) is 59.7 Å². The van der Waals surface area contributed by atoms with Crippen LogP contribution < -0.4 is 10.5 Å². The van der Waals surface area contributed by atoms with Crippen molar-refractivity contribution in [2.45, 2.75) is 17.2 Å². The molecular weight excluding hydrogens is 374 g/mol. The molecule has 0 atom stereocenters. The van der Waals surface area contributed by atoms with E-state index in [-0.39, 0.29) is 10.8 Å². The second-order valence-electron chi connectivity index (χ2n) is 5.54. The highest BCUT2D eigenvalue weighted by molar-refractivity contribution is 7.92. The Morgan fingerprint density at radius 2 is 1.77 bits per heavy atom. The number of carbonyl (C=O) groups is 2. The van der Waals surface area contributed by atoms with E-state index in [1.165, 1.54) is 0 Å². The number of aromatic nitrogens is 1. The lowest BCUT2D eigenvalue weighted by Crippen LogP contribution is -2.30. The Hall–Kier alpha value is -2.78. The summed E-state index contributed by atoms with van der Waals surface area (Å²) in [5.74, 6) is -1.15. The summed E-state index contributed by atoms with van der Waals surface area (Å²) in [6.45, 7) is 0. The van der Waals surface area contributed by atoms with Crippen LogP contribution in [0.25, 0.3) is 10.2 Å². The van der Waals surface area contributed by atoms with Gasteiger partial charge in [0.15, 0.2) is 0 Å². The van der Waals surface area contributed by atoms with E-state index < -0.39 is 21.8 Å². The van der Waals surface area contributed by atoms with Gasteiger partial charge in [0.1, 0.15) is 0 Å². The summed E-state index contributed by atoms with van der Waals surface area (Å²) in [5, 5.41) is 0. The molecule has 26 heavy (non-hydrogen) atoms. The summed E-state index contributed by atoms with van der Waals surface area (Å²) in [7, 11) is -4.00. The molecule has 0 fully saturated rings. The van der Waals surface area contributed by atoms with E-state index in [1.54, 1.807) is 48.5 Å². The fourth-order valence-corrected chi connectivity index (χ4v) is 4.54. The smallest absolute Gasteiger partial charge is 0.291 e. The lowest BCUT2D eigenvalue weighted by molar-refractivity contribution is -0.119. The van der Waals surface area contributed by atoms with Crippen LogP contribution in [-0.4, -0.2) is 25.2 Å². The Kier molecular flexibility index (Phi) is 5.01. The number of primary amides is 1. The van der Waals surface area contributed by atoms with Crippen LogP contribution in [0.15, 0.2) is 52.9 Å². The number of thiazole rings is 1. The van der Waals surface area contributed by atoms with Crippen molar-refractivity contribution < 1.29 is 18.0 Å². The van der Waals surface area contributed by atoms with Crippen LogP contribution in [0.2, 0.25) is 0 Å². The Bertz CT molecular complexity index is 1040. The van der Waals surface area contributed by atoms with Crippen molar-refractivity contribution in [3.63, 3.8) is 0 Å². The second kappa shape index (κ2) is 7.22. The average Bonchev–Trinajstić information content (AvgIpc) is 3.05. The fourth-order valence-electron chi connectivity index (χ4n) is 2.30. The van der Waals surface area contributed by atoms with Gasteiger partial charge in [-0.15, -0.1) is 11.3 Å². The van der Waals surface area contributed by atoms with Gasteiger partial charge in [-0.05, 0) is 36.2 Å². The molecule has 2 amide bonds. The number of para-hydroxylation sites is 1. The van der Waals surface area contributed by atoms with Gasteiger partial charge in [0.25, 0.3) is 10.0 Å². The number of nitrogens with zero attached hydrogens (tertiary/aromatic N) is 1. The number of rotatable bonds is 6. The van der Waals surface area contributed by atoms with E-state index in [4.69, 9.17) is 5.73 Å². The summed E-state index contributed by atoms with van der Waals surface area (Å²) in [6, 6.07) is 13.5. The topological polar surface area (TPSA) is 119 Å². The van der Waals surface area contributed by atoms with Gasteiger partial charge in [0, 0.05) is 12.0 Å². The number of hydrogen-bond donors (Lipinski definition) is 2. The molecule has 0 bridgehead atoms. The summed E-state index contributed by atoms with van der Waals surface area (Å²) in [4.78, 5) is 27.1. The zero-order valence-electron chi connectivity index (χ0n) is 13.5. The maximum Gasteiger partial charge on any atom is 0.291 e. The molecule has 0 aliphatic carbocycles. The summed E-state index contributed by atoms with van der Waals surface area (Å²) in [6.07, 6.45) is 0.320. The molecule has 1 heterocycles. The Morgan fingerprint density at radius 3 is 2.42 bits per heavy atom. The second-order valence-corrected chi connectivity index (χ2v) is 8.42. The molecule has 0 radical (unpaired) electrons. The van der Waals surface area contributed by atoms with E-state index in [2.05, 4.69) is 4.98 Å². The van der Waals surface area contributed by atoms with Gasteiger partial charge >= 0.3 is 0 Å². The predicted molar refractivity (Wildman–Crippen MR) is 98.2 cm³/mol. The zero-order valence-corrected chi connectivity index (χ0v) is 15.1. The first-order chi connectivity index (χ1) is 12.3. The van der Waals surface area contributed by atoms with Crippen molar-refractivity contribution in [3.8, 4) is 0 Å². The average molecular weight is 389 g/mol. The third kappa shape index (κ3) is 4.06. The van der Waals surface area contributed by atoms with Crippen molar-refractivity contribution in [2.75, 3.05) is 0 Å². The molecule has 0 unspecified atom stereocenters. The number of aryl methyl sites for hydroxylation is 1. The van der Waals surface area contributed by atoms with E-state index >= 15 is 0 Å². The minimum atomic E-state index is -4.00. The maximum absolute atomic E-state index is 12.3. The van der Waals surface area contributed by atoms with Gasteiger partial charge in [-0.25, -0.2) is 9.71 Å². The van der Waals surface area contributed by atoms with Crippen molar-refractivity contribution in [1.29, 1.82) is 0 Å². The maximum atomic E-state index is 12.3. The molecule has 0 spiro atoms. The van der Waals surface area contributed by atoms with Crippen LogP contribution in [-0.2, 0) is 21.2 Å². The number of sulfonamides is 1. The normalized spacial score (nSPS) is 11.4. The van der Waals surface area contributed by atoms with Crippen LogP contribution in [0, 0.1) is 0 Å². The van der Waals surface area contributed by atoms with Crippen LogP contribution in [0.3, 0.4) is 0 Å². The summed E-state index contributed by atoms with van der Waals surface area (Å²) >= 11 is 1.01. The Labute approximate surface area is 153 Å². The van der Waals surface area contributed by atoms with Gasteiger partial charge < -0.3 is 5.73 Å². The molecule has 134 valence electrons. The molecule has 0 saturated heterocycles. The predicted octanol–water partition coefficient (Wildman–Crippen LogP) is 1.83. The van der Waals surface area contributed by atoms with Crippen molar-refractivity contribution >= 4 is 43.4 Å². The quantitative estimate of drug-likeness (QED) is 0.667. The molecule has 3 N–H and O–H groups in total. The number of benzene rings is 2. The highest BCUT2D eigenvalue weighted by atomic mass is 32.2. The SMILES string of the molecule is NC(=O)c1ccc(CCC(=O)NS(=O)(=O)c2nc3ccccc3s2)cc1. The highest BCUT2D eigenvalue weighted by Crippen LogP contribution is 2.24. The number of hydrogen-bond acceptors (Lipinski definition) is 6. The van der Waals surface area contributed by atoms with Gasteiger partial charge in [-0.3, -0.25) is 9.59 Å². The molecule has 3 rings (SSSR count). The minimum Gasteiger partial charge on any atom is -0.366 e. The number of carbonyl (C=O) groups excluding carboxylic acids is 2. The van der Waals surface area contributed by atoms with Crippen LogP contribution in [0.5, 0.6) is 0 Å². The molecule has 0 aliphatic rings. The Morgan fingerprint density at radius 1 is 1.08 bits per heavy atom. The van der Waals surface area contributed by atoms with Crippen LogP contribution in [0.1, 0.15) is 22.3 Å². The minimum absolute atomic E-state index is 0.0138. The van der Waals surface area contributed by atoms with Crippen LogP contribution in [0.4, 0.5) is 0 Å². The van der Waals surface area contributed by atoms with Gasteiger partial charge in [-0.2, -0.15) is 8.42 Å². The summed E-state index contributed by atoms with van der Waals surface area (Å²) < 4.78 is 27.2. The first-order valence-corrected chi connectivity index (χ1v) is 9.95. The summed E-state index contributed by atoms with van der Waals surface area (Å²) in [5.41, 5.74) is 6.90. The monoisotopic (exact) mass is 389 g/mol. The fraction of sp³-hybridized carbons (Fsp3) is 0.118. The van der Waals surface area contributed by atoms with E-state index in [0.29, 0.717) is 17.5 Å². The van der Waals surface area contributed by atoms with Gasteiger partial charge in [0.2, 0.25) is 16.2 Å². The molecule has 2 aromatic carbocycles. The van der Waals surface area contributed by atoms with E-state index in [0.717, 1.165) is 21.6 Å². The third-order valence-electron chi connectivity index (χ3n) is 3.63. The lowest BCUT2D eigenvalue weighted by Gasteiger charge is -2.05. The largest absolute Gasteiger partial charge is 0.366 e. The number of nitrogens with one attached hydrogen (secondary N) is 1. The molecule has 1 aromatic heterocycles. The number of amides is 2. The molecule has 9 heteroatoms. The van der Waals surface area contributed by atoms with Gasteiger partial charge in [-0.1, -0.05) is 24.3 Å². The van der Waals surface area contributed by atoms with Crippen LogP contribution >= 0.6 is 11.3 Å². The number of fused-ring (bicyclic) bond motifs is 1. The molecule has 0 aliphatic heterocycles. The molecule has 0 saturated carbocycles. The van der Waals surface area contributed by atoms with Crippen molar-refractivity contribution in [2.24, 2.45) is 5.73 Å². The molecule has 3 aromatic rings. The molecular formula is C17H15N3O4S2. The third-order valence-corrected chi connectivity index (χ3v) is 6.42. The first-order valence-electron chi connectivity index (χ1n) is 7.65. The standard InChI is InChI=1S/C17H15N3O4S2/c18-16(22)12-8-5-11(6-9-12)7-10-15(21)20-26(23,24)17-19-13-3-1-2-4-14(13)25-17/h1-6,8-9H,7,10H2,(H2,18,22)(H,20,21). The van der Waals surface area contributed by atoms with Gasteiger partial charge in [0.05, 0.1) is 10.2 Å². The lowest BCUT2D eigenvalue weighted by atomic mass is 10.1. The van der Waals surface area contributed by atoms with Crippen molar-refractivity contribution in [1.82, 2.24) is 9.71 Å². The van der Waals surface area contributed by atoms with E-state index in [1.807, 2.05) is 4.72 Å². The van der Waals surface area contributed by atoms with E-state index in [9.17, 15) is 18.0 Å². The first kappa shape index (κ1) is 18.0. The molecule has 7 nitrogen and oxygen atoms in total.